The lowest BCUT2D eigenvalue weighted by atomic mass is 10.1. The first-order valence-corrected chi connectivity index (χ1v) is 9.23. The highest BCUT2D eigenvalue weighted by molar-refractivity contribution is 5.53. The van der Waals surface area contributed by atoms with Crippen LogP contribution in [0.1, 0.15) is 37.6 Å². The number of fused-ring (bicyclic) bond motifs is 1. The van der Waals surface area contributed by atoms with Crippen molar-refractivity contribution in [1.82, 2.24) is 29.7 Å². The molecule has 3 aromatic rings. The van der Waals surface area contributed by atoms with Crippen molar-refractivity contribution in [3.63, 3.8) is 0 Å². The first-order valence-electron chi connectivity index (χ1n) is 9.23. The fraction of sp³-hybridized carbons (Fsp3) is 0.421. The molecule has 3 aromatic heterocycles. The Hall–Kier alpha value is -2.83. The third-order valence-electron chi connectivity index (χ3n) is 4.61. The van der Waals surface area contributed by atoms with Gasteiger partial charge in [-0.15, -0.1) is 0 Å². The summed E-state index contributed by atoms with van der Waals surface area (Å²) < 4.78 is 2.03. The van der Waals surface area contributed by atoms with Gasteiger partial charge in [0.05, 0.1) is 6.54 Å². The Kier molecular flexibility index (Phi) is 4.60. The van der Waals surface area contributed by atoms with Crippen molar-refractivity contribution >= 4 is 5.82 Å². The van der Waals surface area contributed by atoms with Crippen LogP contribution in [0.15, 0.2) is 30.5 Å². The Balaban J connectivity index is 1.56. The molecule has 0 saturated carbocycles. The second-order valence-corrected chi connectivity index (χ2v) is 6.50. The van der Waals surface area contributed by atoms with Crippen LogP contribution in [-0.2, 0) is 25.8 Å². The molecule has 1 aliphatic heterocycles. The minimum atomic E-state index is 0.282. The molecule has 0 aromatic carbocycles. The van der Waals surface area contributed by atoms with E-state index in [4.69, 9.17) is 4.98 Å². The number of hydrogen-bond acceptors (Lipinski definition) is 6. The minimum Gasteiger partial charge on any atom is -0.365 e. The molecule has 0 spiro atoms. The maximum atomic E-state index is 4.69. The summed E-state index contributed by atoms with van der Waals surface area (Å²) in [6, 6.07) is 8.10. The van der Waals surface area contributed by atoms with Crippen molar-refractivity contribution in [3.8, 4) is 11.5 Å². The monoisotopic (exact) mass is 349 g/mol. The van der Waals surface area contributed by atoms with Crippen molar-refractivity contribution < 1.29 is 0 Å². The fourth-order valence-electron chi connectivity index (χ4n) is 3.20. The van der Waals surface area contributed by atoms with Crippen LogP contribution in [0.2, 0.25) is 0 Å². The third kappa shape index (κ3) is 3.42. The van der Waals surface area contributed by atoms with Gasteiger partial charge in [-0.05, 0) is 25.0 Å². The average Bonchev–Trinajstić information content (AvgIpc) is 3.11. The van der Waals surface area contributed by atoms with Crippen molar-refractivity contribution in [3.05, 3.63) is 47.8 Å². The summed E-state index contributed by atoms with van der Waals surface area (Å²) in [5.41, 5.74) is 1.80. The van der Waals surface area contributed by atoms with E-state index in [9.17, 15) is 0 Å². The van der Waals surface area contributed by atoms with Crippen LogP contribution in [0.4, 0.5) is 5.82 Å². The third-order valence-corrected chi connectivity index (χ3v) is 4.61. The summed E-state index contributed by atoms with van der Waals surface area (Å²) in [4.78, 5) is 18.3. The summed E-state index contributed by atoms with van der Waals surface area (Å²) in [6.45, 7) is 5.00. The van der Waals surface area contributed by atoms with Gasteiger partial charge < -0.3 is 5.32 Å². The molecule has 0 bridgehead atoms. The van der Waals surface area contributed by atoms with Gasteiger partial charge in [0.15, 0.2) is 11.6 Å². The smallest absolute Gasteiger partial charge is 0.180 e. The summed E-state index contributed by atoms with van der Waals surface area (Å²) in [6.07, 6.45) is 5.45. The van der Waals surface area contributed by atoms with E-state index in [1.807, 2.05) is 28.9 Å². The van der Waals surface area contributed by atoms with Crippen LogP contribution in [-0.4, -0.2) is 35.8 Å². The van der Waals surface area contributed by atoms with Gasteiger partial charge in [0, 0.05) is 36.8 Å². The maximum Gasteiger partial charge on any atom is 0.180 e. The minimum absolute atomic E-state index is 0.282. The first kappa shape index (κ1) is 16.6. The molecule has 1 unspecified atom stereocenters. The normalized spacial score (nSPS) is 16.3. The van der Waals surface area contributed by atoms with E-state index in [0.29, 0.717) is 5.82 Å². The molecule has 0 amide bonds. The summed E-state index contributed by atoms with van der Waals surface area (Å²) in [5, 5.41) is 8.15. The van der Waals surface area contributed by atoms with Crippen LogP contribution in [0.3, 0.4) is 0 Å². The lowest BCUT2D eigenvalue weighted by Crippen LogP contribution is -2.32. The van der Waals surface area contributed by atoms with E-state index in [2.05, 4.69) is 39.2 Å². The molecule has 0 radical (unpaired) electrons. The second kappa shape index (κ2) is 7.19. The highest BCUT2D eigenvalue weighted by Crippen LogP contribution is 2.20. The largest absolute Gasteiger partial charge is 0.365 e. The Morgan fingerprint density at radius 1 is 1.15 bits per heavy atom. The Morgan fingerprint density at radius 2 is 2.08 bits per heavy atom. The number of aromatic nitrogens is 6. The van der Waals surface area contributed by atoms with E-state index >= 15 is 0 Å². The Morgan fingerprint density at radius 3 is 2.85 bits per heavy atom. The lowest BCUT2D eigenvalue weighted by molar-refractivity contribution is 0.439. The van der Waals surface area contributed by atoms with Gasteiger partial charge in [-0.3, -0.25) is 4.98 Å². The molecule has 26 heavy (non-hydrogen) atoms. The average molecular weight is 349 g/mol. The second-order valence-electron chi connectivity index (χ2n) is 6.50. The predicted molar refractivity (Wildman–Crippen MR) is 99.8 cm³/mol. The van der Waals surface area contributed by atoms with Gasteiger partial charge in [0.2, 0.25) is 0 Å². The molecule has 1 atom stereocenters. The SMILES string of the molecule is CCc1cc(NC2CCc3nc(CC)nn3C2)nc(-c2ccccn2)n1. The number of hydrogen-bond donors (Lipinski definition) is 1. The molecule has 1 N–H and O–H groups in total. The van der Waals surface area contributed by atoms with E-state index in [-0.39, 0.29) is 6.04 Å². The molecular formula is C19H23N7. The molecule has 0 saturated heterocycles. The number of pyridine rings is 1. The summed E-state index contributed by atoms with van der Waals surface area (Å²) in [7, 11) is 0. The van der Waals surface area contributed by atoms with Gasteiger partial charge in [0.25, 0.3) is 0 Å². The van der Waals surface area contributed by atoms with E-state index in [0.717, 1.165) is 61.1 Å². The van der Waals surface area contributed by atoms with Crippen molar-refractivity contribution in [2.24, 2.45) is 0 Å². The van der Waals surface area contributed by atoms with Crippen molar-refractivity contribution in [2.45, 2.75) is 52.1 Å². The van der Waals surface area contributed by atoms with Crippen molar-refractivity contribution in [2.75, 3.05) is 5.32 Å². The molecule has 4 heterocycles. The summed E-state index contributed by atoms with van der Waals surface area (Å²) >= 11 is 0. The fourth-order valence-corrected chi connectivity index (χ4v) is 3.20. The highest BCUT2D eigenvalue weighted by Gasteiger charge is 2.22. The quantitative estimate of drug-likeness (QED) is 0.763. The molecule has 134 valence electrons. The van der Waals surface area contributed by atoms with E-state index in [1.165, 1.54) is 0 Å². The molecule has 7 nitrogen and oxygen atoms in total. The highest BCUT2D eigenvalue weighted by atomic mass is 15.4. The topological polar surface area (TPSA) is 81.4 Å². The molecular weight excluding hydrogens is 326 g/mol. The van der Waals surface area contributed by atoms with Crippen LogP contribution in [0.5, 0.6) is 0 Å². The van der Waals surface area contributed by atoms with Crippen LogP contribution in [0, 0.1) is 0 Å². The van der Waals surface area contributed by atoms with Crippen molar-refractivity contribution in [1.29, 1.82) is 0 Å². The standard InChI is InChI=1S/C19H23N7/c1-3-13-11-17(24-19(22-13)15-7-5-6-10-20-15)21-14-8-9-18-23-16(4-2)25-26(18)12-14/h5-7,10-11,14H,3-4,8-9,12H2,1-2H3,(H,21,22,24). The maximum absolute atomic E-state index is 4.69. The van der Waals surface area contributed by atoms with Crippen LogP contribution < -0.4 is 5.32 Å². The summed E-state index contributed by atoms with van der Waals surface area (Å²) in [5.74, 6) is 3.53. The van der Waals surface area contributed by atoms with Gasteiger partial charge in [0.1, 0.15) is 17.3 Å². The zero-order valence-corrected chi connectivity index (χ0v) is 15.2. The van der Waals surface area contributed by atoms with E-state index < -0.39 is 0 Å². The number of anilines is 1. The number of nitrogens with zero attached hydrogens (tertiary/aromatic N) is 6. The molecule has 7 heteroatoms. The van der Waals surface area contributed by atoms with Crippen LogP contribution in [0.25, 0.3) is 11.5 Å². The Labute approximate surface area is 152 Å². The van der Waals surface area contributed by atoms with Gasteiger partial charge in [-0.1, -0.05) is 19.9 Å². The molecule has 0 aliphatic carbocycles. The van der Waals surface area contributed by atoms with E-state index in [1.54, 1.807) is 6.20 Å². The van der Waals surface area contributed by atoms with Crippen LogP contribution >= 0.6 is 0 Å². The predicted octanol–water partition coefficient (Wildman–Crippen LogP) is 2.68. The first-order chi connectivity index (χ1) is 12.7. The molecule has 4 rings (SSSR count). The number of aryl methyl sites for hydroxylation is 3. The van der Waals surface area contributed by atoms with Gasteiger partial charge in [-0.2, -0.15) is 5.10 Å². The van der Waals surface area contributed by atoms with Gasteiger partial charge in [-0.25, -0.2) is 19.6 Å². The zero-order valence-electron chi connectivity index (χ0n) is 15.2. The molecule has 1 aliphatic rings. The Bertz CT molecular complexity index is 888. The zero-order chi connectivity index (χ0) is 17.9. The lowest BCUT2D eigenvalue weighted by Gasteiger charge is -2.24. The van der Waals surface area contributed by atoms with Gasteiger partial charge >= 0.3 is 0 Å². The number of nitrogens with one attached hydrogen (secondary N) is 1. The number of rotatable bonds is 5. The molecule has 0 fully saturated rings.